The summed E-state index contributed by atoms with van der Waals surface area (Å²) in [5, 5.41) is 12.1. The van der Waals surface area contributed by atoms with Gasteiger partial charge in [0.1, 0.15) is 0 Å². The standard InChI is InChI=1S/C11H21N3O/c1-11(2,3)13-9(8-12)6-7-10(15)14(4)5/h9,13H,6-7H2,1-5H3. The fourth-order valence-corrected chi connectivity index (χ4v) is 1.18. The van der Waals surface area contributed by atoms with Gasteiger partial charge in [-0.2, -0.15) is 5.26 Å². The summed E-state index contributed by atoms with van der Waals surface area (Å²) in [5.41, 5.74) is -0.0957. The molecule has 15 heavy (non-hydrogen) atoms. The Kier molecular flexibility index (Phi) is 5.31. The van der Waals surface area contributed by atoms with Gasteiger partial charge in [-0.05, 0) is 27.2 Å². The summed E-state index contributed by atoms with van der Waals surface area (Å²) >= 11 is 0. The van der Waals surface area contributed by atoms with Crippen LogP contribution in [0.15, 0.2) is 0 Å². The van der Waals surface area contributed by atoms with E-state index in [1.807, 2.05) is 20.8 Å². The quantitative estimate of drug-likeness (QED) is 0.758. The van der Waals surface area contributed by atoms with E-state index >= 15 is 0 Å². The second-order valence-electron chi connectivity index (χ2n) is 4.90. The molecule has 0 aliphatic heterocycles. The van der Waals surface area contributed by atoms with E-state index in [1.165, 1.54) is 0 Å². The summed E-state index contributed by atoms with van der Waals surface area (Å²) < 4.78 is 0. The van der Waals surface area contributed by atoms with E-state index in [1.54, 1.807) is 19.0 Å². The molecule has 0 saturated heterocycles. The maximum atomic E-state index is 11.3. The van der Waals surface area contributed by atoms with Crippen LogP contribution in [0.1, 0.15) is 33.6 Å². The lowest BCUT2D eigenvalue weighted by Gasteiger charge is -2.24. The third-order valence-corrected chi connectivity index (χ3v) is 1.91. The van der Waals surface area contributed by atoms with E-state index in [-0.39, 0.29) is 17.5 Å². The zero-order valence-corrected chi connectivity index (χ0v) is 10.3. The minimum Gasteiger partial charge on any atom is -0.349 e. The van der Waals surface area contributed by atoms with Gasteiger partial charge in [0.15, 0.2) is 0 Å². The Morgan fingerprint density at radius 1 is 1.47 bits per heavy atom. The van der Waals surface area contributed by atoms with Crippen molar-refractivity contribution in [2.75, 3.05) is 14.1 Å². The van der Waals surface area contributed by atoms with Crippen molar-refractivity contribution >= 4 is 5.91 Å². The van der Waals surface area contributed by atoms with Gasteiger partial charge in [0.25, 0.3) is 0 Å². The van der Waals surface area contributed by atoms with E-state index < -0.39 is 0 Å². The molecule has 4 heteroatoms. The molecular formula is C11H21N3O. The van der Waals surface area contributed by atoms with Gasteiger partial charge >= 0.3 is 0 Å². The second-order valence-corrected chi connectivity index (χ2v) is 4.90. The van der Waals surface area contributed by atoms with Crippen molar-refractivity contribution in [1.82, 2.24) is 10.2 Å². The van der Waals surface area contributed by atoms with Crippen LogP contribution in [0.3, 0.4) is 0 Å². The molecule has 0 aliphatic rings. The largest absolute Gasteiger partial charge is 0.349 e. The minimum absolute atomic E-state index is 0.0611. The number of carbonyl (C=O) groups excluding carboxylic acids is 1. The molecule has 4 nitrogen and oxygen atoms in total. The molecule has 1 N–H and O–H groups in total. The Morgan fingerprint density at radius 3 is 2.33 bits per heavy atom. The first-order valence-electron chi connectivity index (χ1n) is 5.13. The van der Waals surface area contributed by atoms with Gasteiger partial charge < -0.3 is 4.90 Å². The van der Waals surface area contributed by atoms with Gasteiger partial charge in [-0.15, -0.1) is 0 Å². The first-order chi connectivity index (χ1) is 6.76. The van der Waals surface area contributed by atoms with Crippen molar-refractivity contribution in [2.45, 2.75) is 45.2 Å². The van der Waals surface area contributed by atoms with Crippen LogP contribution in [0.2, 0.25) is 0 Å². The summed E-state index contributed by atoms with van der Waals surface area (Å²) in [4.78, 5) is 12.9. The fraction of sp³-hybridized carbons (Fsp3) is 0.818. The smallest absolute Gasteiger partial charge is 0.222 e. The minimum atomic E-state index is -0.256. The van der Waals surface area contributed by atoms with Crippen molar-refractivity contribution in [3.05, 3.63) is 0 Å². The number of rotatable bonds is 4. The van der Waals surface area contributed by atoms with Gasteiger partial charge in [-0.3, -0.25) is 10.1 Å². The number of nitriles is 1. The zero-order valence-electron chi connectivity index (χ0n) is 10.3. The Balaban J connectivity index is 4.04. The molecule has 0 spiro atoms. The molecule has 0 aromatic rings. The molecular weight excluding hydrogens is 190 g/mol. The predicted molar refractivity (Wildman–Crippen MR) is 60.2 cm³/mol. The lowest BCUT2D eigenvalue weighted by molar-refractivity contribution is -0.128. The molecule has 0 fully saturated rings. The van der Waals surface area contributed by atoms with Crippen LogP contribution in [-0.2, 0) is 4.79 Å². The number of nitrogens with zero attached hydrogens (tertiary/aromatic N) is 2. The molecule has 0 aromatic carbocycles. The molecule has 0 saturated carbocycles. The van der Waals surface area contributed by atoms with Crippen molar-refractivity contribution in [3.63, 3.8) is 0 Å². The van der Waals surface area contributed by atoms with E-state index in [2.05, 4.69) is 11.4 Å². The molecule has 0 bridgehead atoms. The van der Waals surface area contributed by atoms with Crippen LogP contribution in [0.25, 0.3) is 0 Å². The van der Waals surface area contributed by atoms with Crippen LogP contribution < -0.4 is 5.32 Å². The predicted octanol–water partition coefficient (Wildman–Crippen LogP) is 1.14. The van der Waals surface area contributed by atoms with E-state index in [9.17, 15) is 4.79 Å². The number of hydrogen-bond acceptors (Lipinski definition) is 3. The molecule has 1 unspecified atom stereocenters. The van der Waals surface area contributed by atoms with Crippen molar-refractivity contribution in [2.24, 2.45) is 0 Å². The topological polar surface area (TPSA) is 56.1 Å². The Hall–Kier alpha value is -1.08. The van der Waals surface area contributed by atoms with Crippen LogP contribution in [0, 0.1) is 11.3 Å². The molecule has 86 valence electrons. The third-order valence-electron chi connectivity index (χ3n) is 1.91. The van der Waals surface area contributed by atoms with E-state index in [4.69, 9.17) is 5.26 Å². The molecule has 1 atom stereocenters. The van der Waals surface area contributed by atoms with Crippen LogP contribution >= 0.6 is 0 Å². The normalized spacial score (nSPS) is 13.1. The number of nitrogens with one attached hydrogen (secondary N) is 1. The lowest BCUT2D eigenvalue weighted by atomic mass is 10.0. The molecule has 0 rings (SSSR count). The highest BCUT2D eigenvalue weighted by Crippen LogP contribution is 2.06. The van der Waals surface area contributed by atoms with Crippen LogP contribution in [0.4, 0.5) is 0 Å². The van der Waals surface area contributed by atoms with Crippen LogP contribution in [-0.4, -0.2) is 36.5 Å². The average Bonchev–Trinajstić information content (AvgIpc) is 2.09. The highest BCUT2D eigenvalue weighted by Gasteiger charge is 2.17. The summed E-state index contributed by atoms with van der Waals surface area (Å²) in [6.45, 7) is 6.02. The highest BCUT2D eigenvalue weighted by atomic mass is 16.2. The van der Waals surface area contributed by atoms with Crippen LogP contribution in [0.5, 0.6) is 0 Å². The highest BCUT2D eigenvalue weighted by molar-refractivity contribution is 5.75. The molecule has 1 amide bonds. The van der Waals surface area contributed by atoms with Gasteiger partial charge in [-0.25, -0.2) is 0 Å². The van der Waals surface area contributed by atoms with E-state index in [0.29, 0.717) is 12.8 Å². The van der Waals surface area contributed by atoms with Crippen molar-refractivity contribution in [3.8, 4) is 6.07 Å². The van der Waals surface area contributed by atoms with Gasteiger partial charge in [0.05, 0.1) is 12.1 Å². The summed E-state index contributed by atoms with van der Waals surface area (Å²) in [6, 6.07) is 1.92. The first kappa shape index (κ1) is 13.9. The van der Waals surface area contributed by atoms with E-state index in [0.717, 1.165) is 0 Å². The molecule has 0 aliphatic carbocycles. The maximum absolute atomic E-state index is 11.3. The summed E-state index contributed by atoms with van der Waals surface area (Å²) in [5.74, 6) is 0.0611. The van der Waals surface area contributed by atoms with Gasteiger partial charge in [-0.1, -0.05) is 0 Å². The lowest BCUT2D eigenvalue weighted by Crippen LogP contribution is -2.43. The van der Waals surface area contributed by atoms with Gasteiger partial charge in [0.2, 0.25) is 5.91 Å². The maximum Gasteiger partial charge on any atom is 0.222 e. The number of amides is 1. The fourth-order valence-electron chi connectivity index (χ4n) is 1.18. The molecule has 0 radical (unpaired) electrons. The molecule has 0 aromatic heterocycles. The Bertz CT molecular complexity index is 248. The monoisotopic (exact) mass is 211 g/mol. The zero-order chi connectivity index (χ0) is 12.1. The summed E-state index contributed by atoms with van der Waals surface area (Å²) in [7, 11) is 3.45. The Labute approximate surface area is 92.3 Å². The number of hydrogen-bond donors (Lipinski definition) is 1. The first-order valence-corrected chi connectivity index (χ1v) is 5.13. The van der Waals surface area contributed by atoms with Crippen molar-refractivity contribution in [1.29, 1.82) is 5.26 Å². The van der Waals surface area contributed by atoms with Gasteiger partial charge in [0, 0.05) is 26.1 Å². The third kappa shape index (κ3) is 6.92. The SMILES string of the molecule is CN(C)C(=O)CCC(C#N)NC(C)(C)C. The molecule has 0 heterocycles. The Morgan fingerprint density at radius 2 is 2.00 bits per heavy atom. The second kappa shape index (κ2) is 5.72. The average molecular weight is 211 g/mol. The summed E-state index contributed by atoms with van der Waals surface area (Å²) in [6.07, 6.45) is 0.971. The number of carbonyl (C=O) groups is 1. The van der Waals surface area contributed by atoms with Crippen molar-refractivity contribution < 1.29 is 4.79 Å².